The van der Waals surface area contributed by atoms with Gasteiger partial charge in [-0.1, -0.05) is 18.1 Å². The topological polar surface area (TPSA) is 102 Å². The quantitative estimate of drug-likeness (QED) is 0.552. The third-order valence-corrected chi connectivity index (χ3v) is 4.62. The second-order valence-electron chi connectivity index (χ2n) is 5.16. The Kier molecular flexibility index (Phi) is 6.51. The molecule has 0 fully saturated rings. The van der Waals surface area contributed by atoms with E-state index in [2.05, 4.69) is 16.0 Å². The Bertz CT molecular complexity index is 982. The van der Waals surface area contributed by atoms with Crippen LogP contribution in [0.5, 0.6) is 0 Å². The number of amides is 1. The summed E-state index contributed by atoms with van der Waals surface area (Å²) in [6, 6.07) is 9.90. The highest BCUT2D eigenvalue weighted by Gasteiger charge is 2.20. The van der Waals surface area contributed by atoms with Crippen LogP contribution < -0.4 is 10.0 Å². The van der Waals surface area contributed by atoms with Crippen LogP contribution in [0.2, 0.25) is 0 Å². The summed E-state index contributed by atoms with van der Waals surface area (Å²) in [6.45, 7) is -0.579. The zero-order chi connectivity index (χ0) is 19.9. The van der Waals surface area contributed by atoms with E-state index in [4.69, 9.17) is 11.2 Å². The van der Waals surface area contributed by atoms with Crippen molar-refractivity contribution in [2.45, 2.75) is 4.90 Å². The average Bonchev–Trinajstić information content (AvgIpc) is 2.65. The predicted molar refractivity (Wildman–Crippen MR) is 95.8 cm³/mol. The molecule has 2 aromatic rings. The van der Waals surface area contributed by atoms with Crippen LogP contribution in [0.1, 0.15) is 10.4 Å². The number of benzene rings is 2. The monoisotopic (exact) mass is 390 g/mol. The molecule has 0 saturated carbocycles. The third kappa shape index (κ3) is 5.55. The van der Waals surface area contributed by atoms with Gasteiger partial charge in [-0.2, -0.15) is 0 Å². The molecule has 0 heterocycles. The number of hydrogen-bond donors (Lipinski definition) is 2. The van der Waals surface area contributed by atoms with Crippen molar-refractivity contribution in [2.75, 3.05) is 17.9 Å². The van der Waals surface area contributed by atoms with E-state index in [9.17, 15) is 22.4 Å². The number of halogens is 1. The minimum atomic E-state index is -4.06. The van der Waals surface area contributed by atoms with Gasteiger partial charge in [0.1, 0.15) is 5.82 Å². The first kappa shape index (κ1) is 19.9. The molecule has 0 aliphatic heterocycles. The number of sulfonamides is 1. The number of carbonyl (C=O) groups excluding carboxylic acids is 2. The Morgan fingerprint density at radius 2 is 1.78 bits per heavy atom. The maximum absolute atomic E-state index is 13.0. The predicted octanol–water partition coefficient (Wildman–Crippen LogP) is 1.53. The standard InChI is InChI=1S/C18H15FN2O5S/c1-2-11-20-17(22)12-26-18(23)15-5-3-4-6-16(15)21-27(24,25)14-9-7-13(19)8-10-14/h1,3-10,21H,11-12H2,(H,20,22). The van der Waals surface area contributed by atoms with E-state index in [1.54, 1.807) is 0 Å². The van der Waals surface area contributed by atoms with Crippen LogP contribution >= 0.6 is 0 Å². The van der Waals surface area contributed by atoms with Gasteiger partial charge in [-0.15, -0.1) is 6.42 Å². The minimum Gasteiger partial charge on any atom is -0.452 e. The molecule has 0 atom stereocenters. The SMILES string of the molecule is C#CCNC(=O)COC(=O)c1ccccc1NS(=O)(=O)c1ccc(F)cc1. The zero-order valence-corrected chi connectivity index (χ0v) is 14.8. The molecule has 1 amide bonds. The fourth-order valence-electron chi connectivity index (χ4n) is 1.98. The molecule has 9 heteroatoms. The molecule has 0 saturated heterocycles. The van der Waals surface area contributed by atoms with Crippen LogP contribution in [0.15, 0.2) is 53.4 Å². The third-order valence-electron chi connectivity index (χ3n) is 3.24. The number of carbonyl (C=O) groups is 2. The van der Waals surface area contributed by atoms with Crippen molar-refractivity contribution in [3.63, 3.8) is 0 Å². The summed E-state index contributed by atoms with van der Waals surface area (Å²) in [5.74, 6) is 0.125. The Hall–Kier alpha value is -3.38. The minimum absolute atomic E-state index is 0.00948. The lowest BCUT2D eigenvalue weighted by molar-refractivity contribution is -0.123. The molecule has 0 aliphatic carbocycles. The number of hydrogen-bond acceptors (Lipinski definition) is 5. The fraction of sp³-hybridized carbons (Fsp3) is 0.111. The normalized spacial score (nSPS) is 10.5. The molecule has 7 nitrogen and oxygen atoms in total. The second-order valence-corrected chi connectivity index (χ2v) is 6.84. The van der Waals surface area contributed by atoms with E-state index in [1.165, 1.54) is 24.3 Å². The lowest BCUT2D eigenvalue weighted by atomic mass is 10.2. The highest BCUT2D eigenvalue weighted by atomic mass is 32.2. The summed E-state index contributed by atoms with van der Waals surface area (Å²) in [6.07, 6.45) is 5.00. The van der Waals surface area contributed by atoms with Gasteiger partial charge in [0, 0.05) is 0 Å². The molecule has 0 radical (unpaired) electrons. The summed E-state index contributed by atoms with van der Waals surface area (Å²) in [5, 5.41) is 2.32. The Morgan fingerprint density at radius 1 is 1.11 bits per heavy atom. The summed E-state index contributed by atoms with van der Waals surface area (Å²) in [4.78, 5) is 23.4. The highest BCUT2D eigenvalue weighted by Crippen LogP contribution is 2.21. The Labute approximate surface area is 155 Å². The first-order chi connectivity index (χ1) is 12.8. The van der Waals surface area contributed by atoms with Crippen LogP contribution in [-0.4, -0.2) is 33.4 Å². The molecular weight excluding hydrogens is 375 g/mol. The Balaban J connectivity index is 2.15. The van der Waals surface area contributed by atoms with Crippen molar-refractivity contribution in [3.05, 3.63) is 59.9 Å². The second kappa shape index (κ2) is 8.82. The van der Waals surface area contributed by atoms with Gasteiger partial charge in [0.15, 0.2) is 6.61 Å². The van der Waals surface area contributed by atoms with E-state index in [0.29, 0.717) is 0 Å². The van der Waals surface area contributed by atoms with E-state index in [-0.39, 0.29) is 22.7 Å². The van der Waals surface area contributed by atoms with Gasteiger partial charge in [-0.25, -0.2) is 17.6 Å². The van der Waals surface area contributed by atoms with Crippen molar-refractivity contribution >= 4 is 27.6 Å². The van der Waals surface area contributed by atoms with Crippen molar-refractivity contribution < 1.29 is 27.1 Å². The maximum Gasteiger partial charge on any atom is 0.340 e. The van der Waals surface area contributed by atoms with Crippen LogP contribution in [0.25, 0.3) is 0 Å². The molecular formula is C18H15FN2O5S. The van der Waals surface area contributed by atoms with Crippen LogP contribution in [0, 0.1) is 18.2 Å². The van der Waals surface area contributed by atoms with Gasteiger partial charge in [0.2, 0.25) is 0 Å². The molecule has 0 spiro atoms. The lowest BCUT2D eigenvalue weighted by Gasteiger charge is -2.12. The highest BCUT2D eigenvalue weighted by molar-refractivity contribution is 7.92. The molecule has 140 valence electrons. The van der Waals surface area contributed by atoms with Crippen molar-refractivity contribution in [2.24, 2.45) is 0 Å². The zero-order valence-electron chi connectivity index (χ0n) is 13.9. The molecule has 2 N–H and O–H groups in total. The fourth-order valence-corrected chi connectivity index (χ4v) is 3.06. The number of terminal acetylenes is 1. The van der Waals surface area contributed by atoms with Crippen LogP contribution in [0.3, 0.4) is 0 Å². The van der Waals surface area contributed by atoms with Gasteiger partial charge in [-0.05, 0) is 36.4 Å². The molecule has 27 heavy (non-hydrogen) atoms. The molecule has 0 bridgehead atoms. The van der Waals surface area contributed by atoms with Gasteiger partial charge in [0.25, 0.3) is 15.9 Å². The summed E-state index contributed by atoms with van der Waals surface area (Å²) >= 11 is 0. The number of esters is 1. The van der Waals surface area contributed by atoms with Crippen molar-refractivity contribution in [1.82, 2.24) is 5.32 Å². The number of nitrogens with one attached hydrogen (secondary N) is 2. The maximum atomic E-state index is 13.0. The van der Waals surface area contributed by atoms with Gasteiger partial charge in [0.05, 0.1) is 22.7 Å². The lowest BCUT2D eigenvalue weighted by Crippen LogP contribution is -2.29. The number of para-hydroxylation sites is 1. The van der Waals surface area contributed by atoms with Gasteiger partial charge in [-0.3, -0.25) is 9.52 Å². The number of ether oxygens (including phenoxy) is 1. The first-order valence-corrected chi connectivity index (χ1v) is 9.06. The van der Waals surface area contributed by atoms with Gasteiger partial charge >= 0.3 is 5.97 Å². The molecule has 0 aliphatic rings. The van der Waals surface area contributed by atoms with Crippen molar-refractivity contribution in [1.29, 1.82) is 0 Å². The Morgan fingerprint density at radius 3 is 2.44 bits per heavy atom. The summed E-state index contributed by atoms with van der Waals surface area (Å²) in [7, 11) is -4.06. The molecule has 2 rings (SSSR count). The molecule has 2 aromatic carbocycles. The largest absolute Gasteiger partial charge is 0.452 e. The van der Waals surface area contributed by atoms with E-state index < -0.39 is 34.3 Å². The average molecular weight is 390 g/mol. The summed E-state index contributed by atoms with van der Waals surface area (Å²) in [5.41, 5.74) is -0.135. The molecule has 0 aromatic heterocycles. The molecule has 0 unspecified atom stereocenters. The summed E-state index contributed by atoms with van der Waals surface area (Å²) < 4.78 is 44.9. The smallest absolute Gasteiger partial charge is 0.340 e. The number of rotatable bonds is 7. The van der Waals surface area contributed by atoms with Crippen LogP contribution in [-0.2, 0) is 19.6 Å². The van der Waals surface area contributed by atoms with Crippen LogP contribution in [0.4, 0.5) is 10.1 Å². The first-order valence-electron chi connectivity index (χ1n) is 7.58. The van der Waals surface area contributed by atoms with E-state index in [0.717, 1.165) is 24.3 Å². The van der Waals surface area contributed by atoms with E-state index in [1.807, 2.05) is 0 Å². The number of anilines is 1. The van der Waals surface area contributed by atoms with Crippen molar-refractivity contribution in [3.8, 4) is 12.3 Å². The van der Waals surface area contributed by atoms with Gasteiger partial charge < -0.3 is 10.1 Å². The van der Waals surface area contributed by atoms with E-state index >= 15 is 0 Å².